The summed E-state index contributed by atoms with van der Waals surface area (Å²) in [6.45, 7) is 17.3. The van der Waals surface area contributed by atoms with E-state index in [0.717, 1.165) is 49.1 Å². The van der Waals surface area contributed by atoms with Gasteiger partial charge in [0.05, 0.1) is 0 Å². The van der Waals surface area contributed by atoms with Crippen LogP contribution in [-0.2, 0) is 22.2 Å². The lowest BCUT2D eigenvalue weighted by Gasteiger charge is -2.35. The second kappa shape index (κ2) is 9.84. The second-order valence-corrected chi connectivity index (χ2v) is 11.2. The number of ether oxygens (including phenoxy) is 1. The van der Waals surface area contributed by atoms with E-state index in [1.165, 1.54) is 11.1 Å². The molecule has 1 saturated heterocycles. The number of carbonyl (C=O) groups excluding carboxylic acids is 1. The molecular formula is C27H37ClN2O2. The first-order chi connectivity index (χ1) is 14.9. The molecule has 174 valence electrons. The van der Waals surface area contributed by atoms with Gasteiger partial charge >= 0.3 is 0 Å². The predicted molar refractivity (Wildman–Crippen MR) is 133 cm³/mol. The van der Waals surface area contributed by atoms with E-state index in [1.54, 1.807) is 0 Å². The summed E-state index contributed by atoms with van der Waals surface area (Å²) in [6.07, 6.45) is 0. The van der Waals surface area contributed by atoms with Gasteiger partial charge in [0.1, 0.15) is 5.75 Å². The summed E-state index contributed by atoms with van der Waals surface area (Å²) in [5, 5.41) is 0.756. The van der Waals surface area contributed by atoms with Crippen molar-refractivity contribution in [1.82, 2.24) is 9.80 Å². The van der Waals surface area contributed by atoms with Crippen LogP contribution in [0.5, 0.6) is 5.75 Å². The van der Waals surface area contributed by atoms with Crippen molar-refractivity contribution in [1.29, 1.82) is 0 Å². The molecule has 5 heteroatoms. The van der Waals surface area contributed by atoms with Gasteiger partial charge in [0.25, 0.3) is 5.91 Å². The lowest BCUT2D eigenvalue weighted by Crippen LogP contribution is -2.49. The molecular weight excluding hydrogens is 420 g/mol. The molecule has 1 heterocycles. The molecule has 1 fully saturated rings. The van der Waals surface area contributed by atoms with Gasteiger partial charge in [-0.05, 0) is 45.7 Å². The van der Waals surface area contributed by atoms with Crippen molar-refractivity contribution >= 4 is 17.5 Å². The molecule has 0 saturated carbocycles. The Balaban J connectivity index is 1.56. The van der Waals surface area contributed by atoms with Crippen LogP contribution in [0.4, 0.5) is 0 Å². The van der Waals surface area contributed by atoms with Gasteiger partial charge < -0.3 is 9.64 Å². The van der Waals surface area contributed by atoms with Crippen LogP contribution in [0.25, 0.3) is 0 Å². The molecule has 0 spiro atoms. The third-order valence-corrected chi connectivity index (χ3v) is 6.30. The minimum Gasteiger partial charge on any atom is -0.483 e. The molecule has 0 bridgehead atoms. The van der Waals surface area contributed by atoms with Crippen LogP contribution < -0.4 is 4.74 Å². The Morgan fingerprint density at radius 3 is 2.09 bits per heavy atom. The van der Waals surface area contributed by atoms with Crippen LogP contribution in [0.3, 0.4) is 0 Å². The van der Waals surface area contributed by atoms with Crippen LogP contribution in [0.2, 0.25) is 5.02 Å². The number of piperazine rings is 1. The van der Waals surface area contributed by atoms with Gasteiger partial charge in [-0.25, -0.2) is 0 Å². The van der Waals surface area contributed by atoms with Gasteiger partial charge in [0, 0.05) is 37.7 Å². The summed E-state index contributed by atoms with van der Waals surface area (Å²) in [5.74, 6) is 0.858. The van der Waals surface area contributed by atoms with E-state index in [4.69, 9.17) is 16.3 Å². The van der Waals surface area contributed by atoms with Crippen molar-refractivity contribution in [3.8, 4) is 5.75 Å². The third-order valence-electron chi connectivity index (χ3n) is 6.05. The summed E-state index contributed by atoms with van der Waals surface area (Å²) in [4.78, 5) is 17.1. The molecule has 0 radical (unpaired) electrons. The monoisotopic (exact) mass is 456 g/mol. The number of amides is 1. The topological polar surface area (TPSA) is 32.8 Å². The van der Waals surface area contributed by atoms with Crippen molar-refractivity contribution in [3.63, 3.8) is 0 Å². The van der Waals surface area contributed by atoms with Crippen LogP contribution >= 0.6 is 11.6 Å². The maximum atomic E-state index is 12.8. The SMILES string of the molecule is CC(C)(C)c1ccc(OCC(=O)N2CCN(Cc3ccc(Cl)cc3)CC2)c(C(C)(C)C)c1. The quantitative estimate of drug-likeness (QED) is 0.582. The lowest BCUT2D eigenvalue weighted by molar-refractivity contribution is -0.135. The van der Waals surface area contributed by atoms with Crippen molar-refractivity contribution in [2.45, 2.75) is 58.9 Å². The summed E-state index contributed by atoms with van der Waals surface area (Å²) >= 11 is 5.97. The first-order valence-electron chi connectivity index (χ1n) is 11.5. The Morgan fingerprint density at radius 2 is 1.53 bits per heavy atom. The van der Waals surface area contributed by atoms with Crippen LogP contribution in [0.15, 0.2) is 42.5 Å². The molecule has 4 nitrogen and oxygen atoms in total. The molecule has 2 aromatic carbocycles. The second-order valence-electron chi connectivity index (χ2n) is 10.8. The molecule has 0 aliphatic carbocycles. The fourth-order valence-corrected chi connectivity index (χ4v) is 4.07. The molecule has 0 aromatic heterocycles. The molecule has 0 N–H and O–H groups in total. The number of nitrogens with zero attached hydrogens (tertiary/aromatic N) is 2. The number of hydrogen-bond acceptors (Lipinski definition) is 3. The largest absolute Gasteiger partial charge is 0.483 e. The molecule has 3 rings (SSSR count). The molecule has 1 amide bonds. The van der Waals surface area contributed by atoms with Crippen molar-refractivity contribution in [2.75, 3.05) is 32.8 Å². The van der Waals surface area contributed by atoms with Gasteiger partial charge in [-0.2, -0.15) is 0 Å². The molecule has 1 aliphatic heterocycles. The van der Waals surface area contributed by atoms with E-state index >= 15 is 0 Å². The molecule has 2 aromatic rings. The first kappa shape index (κ1) is 24.6. The maximum absolute atomic E-state index is 12.8. The Bertz CT molecular complexity index is 918. The first-order valence-corrected chi connectivity index (χ1v) is 11.8. The average molecular weight is 457 g/mol. The highest BCUT2D eigenvalue weighted by Gasteiger charge is 2.25. The van der Waals surface area contributed by atoms with Crippen LogP contribution in [0.1, 0.15) is 58.2 Å². The zero-order valence-electron chi connectivity index (χ0n) is 20.4. The zero-order valence-corrected chi connectivity index (χ0v) is 21.1. The van der Waals surface area contributed by atoms with Gasteiger partial charge in [-0.15, -0.1) is 0 Å². The van der Waals surface area contributed by atoms with Gasteiger partial charge in [-0.3, -0.25) is 9.69 Å². The Hall–Kier alpha value is -2.04. The average Bonchev–Trinajstić information content (AvgIpc) is 2.72. The van der Waals surface area contributed by atoms with Crippen LogP contribution in [0, 0.1) is 0 Å². The van der Waals surface area contributed by atoms with Gasteiger partial charge in [-0.1, -0.05) is 77.4 Å². The Morgan fingerprint density at radius 1 is 0.906 bits per heavy atom. The Kier molecular flexibility index (Phi) is 7.57. The third kappa shape index (κ3) is 6.49. The highest BCUT2D eigenvalue weighted by Crippen LogP contribution is 2.35. The number of rotatable bonds is 5. The van der Waals surface area contributed by atoms with E-state index in [9.17, 15) is 4.79 Å². The standard InChI is InChI=1S/C27H37ClN2O2/c1-26(2,3)21-9-12-24(23(17-21)27(4,5)6)32-19-25(31)30-15-13-29(14-16-30)18-20-7-10-22(28)11-8-20/h7-12,17H,13-16,18-19H2,1-6H3. The Labute approximate surface area is 198 Å². The van der Waals surface area contributed by atoms with Crippen molar-refractivity contribution in [3.05, 3.63) is 64.2 Å². The van der Waals surface area contributed by atoms with Crippen molar-refractivity contribution in [2.24, 2.45) is 0 Å². The minimum atomic E-state index is -0.0626. The highest BCUT2D eigenvalue weighted by molar-refractivity contribution is 6.30. The number of halogens is 1. The van der Waals surface area contributed by atoms with E-state index in [2.05, 4.69) is 70.7 Å². The van der Waals surface area contributed by atoms with E-state index in [0.29, 0.717) is 0 Å². The lowest BCUT2D eigenvalue weighted by atomic mass is 9.80. The molecule has 1 aliphatic rings. The summed E-state index contributed by atoms with van der Waals surface area (Å²) in [5.41, 5.74) is 3.67. The predicted octanol–water partition coefficient (Wildman–Crippen LogP) is 5.66. The van der Waals surface area contributed by atoms with Gasteiger partial charge in [0.15, 0.2) is 6.61 Å². The van der Waals surface area contributed by atoms with Crippen molar-refractivity contribution < 1.29 is 9.53 Å². The highest BCUT2D eigenvalue weighted by atomic mass is 35.5. The molecule has 0 unspecified atom stereocenters. The summed E-state index contributed by atoms with van der Waals surface area (Å²) < 4.78 is 6.06. The van der Waals surface area contributed by atoms with Crippen LogP contribution in [-0.4, -0.2) is 48.5 Å². The number of benzene rings is 2. The summed E-state index contributed by atoms with van der Waals surface area (Å²) in [6, 6.07) is 14.3. The fraction of sp³-hybridized carbons (Fsp3) is 0.519. The summed E-state index contributed by atoms with van der Waals surface area (Å²) in [7, 11) is 0. The smallest absolute Gasteiger partial charge is 0.260 e. The van der Waals surface area contributed by atoms with E-state index in [-0.39, 0.29) is 23.3 Å². The zero-order chi connectivity index (χ0) is 23.5. The van der Waals surface area contributed by atoms with E-state index < -0.39 is 0 Å². The minimum absolute atomic E-state index is 0.0518. The van der Waals surface area contributed by atoms with Gasteiger partial charge in [0.2, 0.25) is 0 Å². The fourth-order valence-electron chi connectivity index (χ4n) is 3.94. The molecule has 32 heavy (non-hydrogen) atoms. The molecule has 0 atom stereocenters. The maximum Gasteiger partial charge on any atom is 0.260 e. The number of hydrogen-bond donors (Lipinski definition) is 0. The normalized spacial score (nSPS) is 15.7. The number of carbonyl (C=O) groups is 1. The van der Waals surface area contributed by atoms with E-state index in [1.807, 2.05) is 23.1 Å².